The van der Waals surface area contributed by atoms with E-state index < -0.39 is 0 Å². The third-order valence-electron chi connectivity index (χ3n) is 5.65. The highest BCUT2D eigenvalue weighted by Crippen LogP contribution is 2.31. The molecule has 0 aromatic carbocycles. The quantitative estimate of drug-likeness (QED) is 0.910. The maximum absolute atomic E-state index is 12.5. The first kappa shape index (κ1) is 16.6. The Hall–Kier alpha value is -1.89. The first-order valence-corrected chi connectivity index (χ1v) is 10.0. The van der Waals surface area contributed by atoms with Gasteiger partial charge in [-0.1, -0.05) is 0 Å². The van der Waals surface area contributed by atoms with Gasteiger partial charge in [0.1, 0.15) is 4.70 Å². The van der Waals surface area contributed by atoms with Gasteiger partial charge in [-0.15, -0.1) is 11.3 Å². The highest BCUT2D eigenvalue weighted by Gasteiger charge is 2.31. The van der Waals surface area contributed by atoms with Crippen molar-refractivity contribution in [3.63, 3.8) is 0 Å². The number of nitrogens with one attached hydrogen (secondary N) is 1. The van der Waals surface area contributed by atoms with Crippen molar-refractivity contribution in [2.45, 2.75) is 45.1 Å². The summed E-state index contributed by atoms with van der Waals surface area (Å²) in [6.07, 6.45) is 5.79. The van der Waals surface area contributed by atoms with Gasteiger partial charge in [-0.05, 0) is 55.9 Å². The fourth-order valence-electron chi connectivity index (χ4n) is 4.18. The Morgan fingerprint density at radius 1 is 1.16 bits per heavy atom. The summed E-state index contributed by atoms with van der Waals surface area (Å²) in [4.78, 5) is 42.0. The van der Waals surface area contributed by atoms with E-state index in [0.717, 1.165) is 51.6 Å². The van der Waals surface area contributed by atoms with E-state index in [4.69, 9.17) is 0 Å². The fourth-order valence-corrected chi connectivity index (χ4v) is 4.98. The molecule has 4 rings (SSSR count). The van der Waals surface area contributed by atoms with Crippen LogP contribution in [0.1, 0.15) is 38.5 Å². The second kappa shape index (κ2) is 6.78. The van der Waals surface area contributed by atoms with E-state index in [2.05, 4.69) is 4.98 Å². The van der Waals surface area contributed by atoms with Crippen LogP contribution in [0.5, 0.6) is 0 Å². The number of rotatable bonds is 3. The second-order valence-corrected chi connectivity index (χ2v) is 8.18. The molecule has 134 valence electrons. The van der Waals surface area contributed by atoms with E-state index in [9.17, 15) is 14.4 Å². The van der Waals surface area contributed by atoms with Gasteiger partial charge in [0.25, 0.3) is 5.56 Å². The van der Waals surface area contributed by atoms with Crippen molar-refractivity contribution in [3.8, 4) is 0 Å². The summed E-state index contributed by atoms with van der Waals surface area (Å²) in [5, 5.41) is 1.82. The lowest BCUT2D eigenvalue weighted by Gasteiger charge is -2.30. The van der Waals surface area contributed by atoms with Gasteiger partial charge < -0.3 is 9.88 Å². The molecule has 1 aliphatic heterocycles. The van der Waals surface area contributed by atoms with Crippen LogP contribution in [-0.2, 0) is 11.3 Å². The van der Waals surface area contributed by atoms with Gasteiger partial charge in [0.2, 0.25) is 5.91 Å². The Morgan fingerprint density at radius 2 is 1.88 bits per heavy atom. The van der Waals surface area contributed by atoms with Crippen LogP contribution < -0.4 is 11.2 Å². The molecule has 25 heavy (non-hydrogen) atoms. The van der Waals surface area contributed by atoms with E-state index in [1.165, 1.54) is 15.9 Å². The number of nitrogens with zero attached hydrogens (tertiary/aromatic N) is 2. The predicted molar refractivity (Wildman–Crippen MR) is 98.0 cm³/mol. The van der Waals surface area contributed by atoms with Crippen LogP contribution in [0.3, 0.4) is 0 Å². The van der Waals surface area contributed by atoms with Crippen LogP contribution in [-0.4, -0.2) is 33.4 Å². The van der Waals surface area contributed by atoms with E-state index in [0.29, 0.717) is 28.6 Å². The smallest absolute Gasteiger partial charge is 0.328 e. The lowest BCUT2D eigenvalue weighted by atomic mass is 9.81. The summed E-state index contributed by atoms with van der Waals surface area (Å²) in [5.41, 5.74) is 0.103. The van der Waals surface area contributed by atoms with Crippen LogP contribution >= 0.6 is 11.3 Å². The second-order valence-electron chi connectivity index (χ2n) is 7.26. The first-order valence-electron chi connectivity index (χ1n) is 9.12. The largest absolute Gasteiger partial charge is 0.342 e. The molecule has 1 saturated heterocycles. The number of carbonyl (C=O) groups excluding carboxylic acids is 1. The van der Waals surface area contributed by atoms with Crippen molar-refractivity contribution in [1.82, 2.24) is 14.5 Å². The average molecular weight is 361 g/mol. The molecule has 2 aliphatic rings. The van der Waals surface area contributed by atoms with Crippen molar-refractivity contribution in [3.05, 3.63) is 32.3 Å². The van der Waals surface area contributed by atoms with E-state index >= 15 is 0 Å². The Kier molecular flexibility index (Phi) is 4.50. The van der Waals surface area contributed by atoms with Gasteiger partial charge in [-0.2, -0.15) is 0 Å². The van der Waals surface area contributed by atoms with Crippen molar-refractivity contribution in [2.24, 2.45) is 11.8 Å². The summed E-state index contributed by atoms with van der Waals surface area (Å²) < 4.78 is 1.95. The van der Waals surface area contributed by atoms with Crippen LogP contribution in [0.15, 0.2) is 21.0 Å². The summed E-state index contributed by atoms with van der Waals surface area (Å²) in [5.74, 6) is 0.731. The number of hydrogen-bond donors (Lipinski definition) is 1. The standard InChI is InChI=1S/C18H23N3O3S/c22-16(20-8-1-2-9-20)13-5-3-12(4-6-13)11-21-17(23)15-14(7-10-25-15)19-18(21)24/h7,10,12-13H,1-6,8-9,11H2,(H,19,24). The van der Waals surface area contributed by atoms with E-state index in [1.54, 1.807) is 6.07 Å². The molecule has 2 fully saturated rings. The molecular weight excluding hydrogens is 338 g/mol. The van der Waals surface area contributed by atoms with Gasteiger partial charge in [0.15, 0.2) is 0 Å². The molecule has 0 unspecified atom stereocenters. The molecule has 0 spiro atoms. The van der Waals surface area contributed by atoms with E-state index in [-0.39, 0.29) is 17.2 Å². The molecular formula is C18H23N3O3S. The number of aromatic amines is 1. The fraction of sp³-hybridized carbons (Fsp3) is 0.611. The van der Waals surface area contributed by atoms with Crippen LogP contribution in [0.4, 0.5) is 0 Å². The van der Waals surface area contributed by atoms with Crippen molar-refractivity contribution in [2.75, 3.05) is 13.1 Å². The zero-order valence-corrected chi connectivity index (χ0v) is 15.0. The predicted octanol–water partition coefficient (Wildman–Crippen LogP) is 2.18. The maximum atomic E-state index is 12.5. The summed E-state index contributed by atoms with van der Waals surface area (Å²) >= 11 is 1.36. The van der Waals surface area contributed by atoms with Gasteiger partial charge in [0, 0.05) is 25.6 Å². The monoisotopic (exact) mass is 361 g/mol. The van der Waals surface area contributed by atoms with Crippen LogP contribution in [0, 0.1) is 11.8 Å². The molecule has 0 radical (unpaired) electrons. The minimum atomic E-state index is -0.328. The Balaban J connectivity index is 1.43. The topological polar surface area (TPSA) is 75.2 Å². The number of fused-ring (bicyclic) bond motifs is 1. The zero-order chi connectivity index (χ0) is 17.4. The minimum Gasteiger partial charge on any atom is -0.342 e. The summed E-state index contributed by atoms with van der Waals surface area (Å²) in [7, 11) is 0. The summed E-state index contributed by atoms with van der Waals surface area (Å²) in [6, 6.07) is 1.77. The van der Waals surface area contributed by atoms with Crippen molar-refractivity contribution < 1.29 is 4.79 Å². The lowest BCUT2D eigenvalue weighted by Crippen LogP contribution is -2.39. The number of carbonyl (C=O) groups is 1. The summed E-state index contributed by atoms with van der Waals surface area (Å²) in [6.45, 7) is 2.27. The molecule has 2 aromatic rings. The van der Waals surface area contributed by atoms with Gasteiger partial charge in [0.05, 0.1) is 5.52 Å². The van der Waals surface area contributed by atoms with Gasteiger partial charge in [-0.25, -0.2) is 4.79 Å². The Bertz CT molecular complexity index is 883. The molecule has 1 saturated carbocycles. The number of aromatic nitrogens is 2. The number of likely N-dealkylation sites (tertiary alicyclic amines) is 1. The molecule has 6 nitrogen and oxygen atoms in total. The number of amides is 1. The first-order chi connectivity index (χ1) is 12.1. The Labute approximate surface area is 149 Å². The molecule has 0 atom stereocenters. The van der Waals surface area contributed by atoms with Crippen LogP contribution in [0.2, 0.25) is 0 Å². The van der Waals surface area contributed by atoms with Gasteiger partial charge >= 0.3 is 5.69 Å². The molecule has 1 N–H and O–H groups in total. The average Bonchev–Trinajstić information content (AvgIpc) is 3.30. The molecule has 1 aliphatic carbocycles. The third-order valence-corrected chi connectivity index (χ3v) is 6.55. The molecule has 2 aromatic heterocycles. The SMILES string of the molecule is O=C(C1CCC(Cn2c(=O)[nH]c3ccsc3c2=O)CC1)N1CCCC1. The minimum absolute atomic E-state index is 0.129. The number of thiophene rings is 1. The molecule has 7 heteroatoms. The molecule has 3 heterocycles. The van der Waals surface area contributed by atoms with Crippen molar-refractivity contribution in [1.29, 1.82) is 0 Å². The Morgan fingerprint density at radius 3 is 2.60 bits per heavy atom. The third kappa shape index (κ3) is 3.17. The maximum Gasteiger partial charge on any atom is 0.328 e. The van der Waals surface area contributed by atoms with E-state index in [1.807, 2.05) is 10.3 Å². The normalized spacial score (nSPS) is 24.1. The lowest BCUT2D eigenvalue weighted by molar-refractivity contribution is -0.135. The zero-order valence-electron chi connectivity index (χ0n) is 14.2. The number of H-pyrrole nitrogens is 1. The van der Waals surface area contributed by atoms with Gasteiger partial charge in [-0.3, -0.25) is 14.2 Å². The number of hydrogen-bond acceptors (Lipinski definition) is 4. The highest BCUT2D eigenvalue weighted by molar-refractivity contribution is 7.17. The highest BCUT2D eigenvalue weighted by atomic mass is 32.1. The van der Waals surface area contributed by atoms with Crippen molar-refractivity contribution >= 4 is 27.5 Å². The molecule has 0 bridgehead atoms. The van der Waals surface area contributed by atoms with Crippen LogP contribution in [0.25, 0.3) is 10.2 Å². The molecule has 1 amide bonds.